The molecule has 6 nitrogen and oxygen atoms in total. The number of nitrogens with one attached hydrogen (secondary N) is 1. The zero-order chi connectivity index (χ0) is 13.7. The van der Waals surface area contributed by atoms with E-state index in [0.29, 0.717) is 22.3 Å². The molecule has 0 amide bonds. The summed E-state index contributed by atoms with van der Waals surface area (Å²) < 4.78 is 9.50. The summed E-state index contributed by atoms with van der Waals surface area (Å²) in [6.07, 6.45) is 0. The van der Waals surface area contributed by atoms with E-state index in [1.165, 1.54) is 7.11 Å². The smallest absolute Gasteiger partial charge is 0.350 e. The minimum absolute atomic E-state index is 0.329. The van der Waals surface area contributed by atoms with Crippen molar-refractivity contribution >= 4 is 28.4 Å². The van der Waals surface area contributed by atoms with Crippen molar-refractivity contribution in [1.29, 1.82) is 0 Å². The lowest BCUT2D eigenvalue weighted by molar-refractivity contribution is -0.143. The molecule has 1 unspecified atom stereocenters. The van der Waals surface area contributed by atoms with Crippen LogP contribution >= 0.6 is 11.3 Å². The minimum Gasteiger partial charge on any atom is -0.465 e. The van der Waals surface area contributed by atoms with E-state index in [9.17, 15) is 9.59 Å². The second-order valence-corrected chi connectivity index (χ2v) is 4.54. The average molecular weight is 272 g/mol. The molecule has 0 saturated heterocycles. The number of ether oxygens (including phenoxy) is 2. The summed E-state index contributed by atoms with van der Waals surface area (Å²) >= 11 is 1.15. The molecular formula is C11H16N2O4S. The number of esters is 2. The molecule has 0 aromatic carbocycles. The number of anilines is 1. The molecule has 100 valence electrons. The van der Waals surface area contributed by atoms with Crippen molar-refractivity contribution < 1.29 is 19.1 Å². The fourth-order valence-corrected chi connectivity index (χ4v) is 2.22. The molecular weight excluding hydrogens is 256 g/mol. The van der Waals surface area contributed by atoms with Gasteiger partial charge in [-0.2, -0.15) is 0 Å². The van der Waals surface area contributed by atoms with Crippen LogP contribution in [-0.4, -0.2) is 36.7 Å². The Bertz CT molecular complexity index is 444. The van der Waals surface area contributed by atoms with Crippen LogP contribution in [0.25, 0.3) is 0 Å². The zero-order valence-electron chi connectivity index (χ0n) is 10.8. The van der Waals surface area contributed by atoms with Gasteiger partial charge < -0.3 is 14.8 Å². The highest BCUT2D eigenvalue weighted by Crippen LogP contribution is 2.23. The van der Waals surface area contributed by atoms with E-state index in [0.717, 1.165) is 11.3 Å². The second-order valence-electron chi connectivity index (χ2n) is 3.54. The molecule has 0 fully saturated rings. The molecule has 1 atom stereocenters. The Morgan fingerprint density at radius 1 is 1.50 bits per heavy atom. The van der Waals surface area contributed by atoms with Crippen molar-refractivity contribution in [1.82, 2.24) is 4.98 Å². The van der Waals surface area contributed by atoms with Crippen molar-refractivity contribution in [3.63, 3.8) is 0 Å². The number of rotatable bonds is 5. The van der Waals surface area contributed by atoms with Crippen LogP contribution < -0.4 is 5.32 Å². The summed E-state index contributed by atoms with van der Waals surface area (Å²) in [7, 11) is 1.32. The van der Waals surface area contributed by atoms with Gasteiger partial charge in [-0.25, -0.2) is 14.6 Å². The normalized spacial score (nSPS) is 11.8. The Morgan fingerprint density at radius 3 is 2.72 bits per heavy atom. The number of carbonyl (C=O) groups excluding carboxylic acids is 2. The predicted octanol–water partition coefficient (Wildman–Crippen LogP) is 1.60. The largest absolute Gasteiger partial charge is 0.465 e. The van der Waals surface area contributed by atoms with Crippen molar-refractivity contribution in [2.45, 2.75) is 26.8 Å². The number of aryl methyl sites for hydroxylation is 1. The first kappa shape index (κ1) is 14.4. The topological polar surface area (TPSA) is 77.5 Å². The van der Waals surface area contributed by atoms with Crippen LogP contribution in [-0.2, 0) is 14.3 Å². The number of methoxy groups -OCH3 is 1. The van der Waals surface area contributed by atoms with Gasteiger partial charge in [0, 0.05) is 0 Å². The van der Waals surface area contributed by atoms with E-state index in [2.05, 4.69) is 15.0 Å². The monoisotopic (exact) mass is 272 g/mol. The van der Waals surface area contributed by atoms with Crippen molar-refractivity contribution in [3.05, 3.63) is 10.6 Å². The zero-order valence-corrected chi connectivity index (χ0v) is 11.6. The Morgan fingerprint density at radius 2 is 2.17 bits per heavy atom. The first-order valence-corrected chi connectivity index (χ1v) is 6.30. The molecule has 1 heterocycles. The van der Waals surface area contributed by atoms with E-state index in [-0.39, 0.29) is 5.97 Å². The molecule has 0 radical (unpaired) electrons. The molecule has 18 heavy (non-hydrogen) atoms. The number of aromatic nitrogens is 1. The summed E-state index contributed by atoms with van der Waals surface area (Å²) in [5.74, 6) is -0.785. The molecule has 0 saturated carbocycles. The Balaban J connectivity index is 2.74. The van der Waals surface area contributed by atoms with Gasteiger partial charge in [0.25, 0.3) is 0 Å². The first-order valence-electron chi connectivity index (χ1n) is 5.48. The summed E-state index contributed by atoms with van der Waals surface area (Å²) in [6.45, 7) is 5.46. The highest BCUT2D eigenvalue weighted by molar-refractivity contribution is 7.17. The molecule has 0 bridgehead atoms. The van der Waals surface area contributed by atoms with Crippen LogP contribution in [0.4, 0.5) is 5.13 Å². The number of hydrogen-bond donors (Lipinski definition) is 1. The SMILES string of the molecule is CCOC(=O)C(C)Nc1nc(C)c(C(=O)OC)s1. The van der Waals surface area contributed by atoms with Crippen LogP contribution in [0, 0.1) is 6.92 Å². The molecule has 0 aliphatic rings. The van der Waals surface area contributed by atoms with E-state index < -0.39 is 12.0 Å². The van der Waals surface area contributed by atoms with Gasteiger partial charge in [-0.3, -0.25) is 0 Å². The molecule has 1 aromatic rings. The third-order valence-electron chi connectivity index (χ3n) is 2.15. The molecule has 7 heteroatoms. The van der Waals surface area contributed by atoms with E-state index >= 15 is 0 Å². The van der Waals surface area contributed by atoms with Crippen molar-refractivity contribution in [2.75, 3.05) is 19.0 Å². The van der Waals surface area contributed by atoms with Gasteiger partial charge in [0.15, 0.2) is 5.13 Å². The Labute approximate surface area is 109 Å². The first-order chi connectivity index (χ1) is 8.49. The van der Waals surface area contributed by atoms with Gasteiger partial charge in [-0.05, 0) is 20.8 Å². The lowest BCUT2D eigenvalue weighted by atomic mass is 10.3. The fraction of sp³-hybridized carbons (Fsp3) is 0.545. The molecule has 0 aliphatic carbocycles. The van der Waals surface area contributed by atoms with E-state index in [1.807, 2.05) is 0 Å². The highest BCUT2D eigenvalue weighted by Gasteiger charge is 2.19. The quantitative estimate of drug-likeness (QED) is 0.820. The van der Waals surface area contributed by atoms with Gasteiger partial charge in [0.2, 0.25) is 0 Å². The lowest BCUT2D eigenvalue weighted by Gasteiger charge is -2.10. The van der Waals surface area contributed by atoms with Gasteiger partial charge in [0.1, 0.15) is 10.9 Å². The summed E-state index contributed by atoms with van der Waals surface area (Å²) in [5, 5.41) is 3.39. The Hall–Kier alpha value is -1.63. The number of thiazole rings is 1. The highest BCUT2D eigenvalue weighted by atomic mass is 32.1. The Kier molecular flexibility index (Phi) is 5.08. The molecule has 1 aromatic heterocycles. The van der Waals surface area contributed by atoms with Crippen LogP contribution in [0.15, 0.2) is 0 Å². The maximum absolute atomic E-state index is 11.4. The number of carbonyl (C=O) groups is 2. The van der Waals surface area contributed by atoms with E-state index in [1.54, 1.807) is 20.8 Å². The maximum Gasteiger partial charge on any atom is 0.350 e. The third-order valence-corrected chi connectivity index (χ3v) is 3.22. The van der Waals surface area contributed by atoms with E-state index in [4.69, 9.17) is 4.74 Å². The lowest BCUT2D eigenvalue weighted by Crippen LogP contribution is -2.28. The van der Waals surface area contributed by atoms with Gasteiger partial charge in [0.05, 0.1) is 19.4 Å². The molecule has 0 aliphatic heterocycles. The van der Waals surface area contributed by atoms with Crippen molar-refractivity contribution in [2.24, 2.45) is 0 Å². The summed E-state index contributed by atoms with van der Waals surface area (Å²) in [4.78, 5) is 27.4. The molecule has 1 N–H and O–H groups in total. The fourth-order valence-electron chi connectivity index (χ4n) is 1.25. The van der Waals surface area contributed by atoms with Crippen LogP contribution in [0.5, 0.6) is 0 Å². The third kappa shape index (κ3) is 3.43. The van der Waals surface area contributed by atoms with Crippen molar-refractivity contribution in [3.8, 4) is 0 Å². The average Bonchev–Trinajstić information content (AvgIpc) is 2.69. The summed E-state index contributed by atoms with van der Waals surface area (Å²) in [5.41, 5.74) is 0.574. The maximum atomic E-state index is 11.4. The summed E-state index contributed by atoms with van der Waals surface area (Å²) in [6, 6.07) is -0.513. The molecule has 0 spiro atoms. The van der Waals surface area contributed by atoms with Gasteiger partial charge >= 0.3 is 11.9 Å². The predicted molar refractivity (Wildman–Crippen MR) is 67.9 cm³/mol. The standard InChI is InChI=1S/C11H16N2O4S/c1-5-17-9(14)7(3)13-11-12-6(2)8(18-11)10(15)16-4/h7H,5H2,1-4H3,(H,12,13). The van der Waals surface area contributed by atoms with Gasteiger partial charge in [-0.15, -0.1) is 0 Å². The van der Waals surface area contributed by atoms with Gasteiger partial charge in [-0.1, -0.05) is 11.3 Å². The number of nitrogens with zero attached hydrogens (tertiary/aromatic N) is 1. The van der Waals surface area contributed by atoms with Crippen LogP contribution in [0.2, 0.25) is 0 Å². The van der Waals surface area contributed by atoms with Crippen LogP contribution in [0.3, 0.4) is 0 Å². The molecule has 1 rings (SSSR count). The number of hydrogen-bond acceptors (Lipinski definition) is 7. The minimum atomic E-state index is -0.513. The second kappa shape index (κ2) is 6.34. The van der Waals surface area contributed by atoms with Crippen LogP contribution in [0.1, 0.15) is 29.2 Å².